The van der Waals surface area contributed by atoms with E-state index in [1.807, 2.05) is 13.1 Å². The second-order valence-electron chi connectivity index (χ2n) is 6.67. The lowest BCUT2D eigenvalue weighted by atomic mass is 10.2. The molecule has 1 saturated heterocycles. The van der Waals surface area contributed by atoms with E-state index in [2.05, 4.69) is 43.9 Å². The lowest BCUT2D eigenvalue weighted by Crippen LogP contribution is -2.48. The van der Waals surface area contributed by atoms with Crippen LogP contribution in [0.15, 0.2) is 42.6 Å². The van der Waals surface area contributed by atoms with Crippen LogP contribution in [0, 0.1) is 17.0 Å². The first-order valence-electron chi connectivity index (χ1n) is 8.89. The highest BCUT2D eigenvalue weighted by atomic mass is 16.6. The largest absolute Gasteiger partial charge is 0.369 e. The molecular weight excluding hydrogens is 330 g/mol. The third-order valence-corrected chi connectivity index (χ3v) is 4.90. The van der Waals surface area contributed by atoms with Gasteiger partial charge in [-0.3, -0.25) is 15.0 Å². The van der Waals surface area contributed by atoms with Crippen LogP contribution in [0.3, 0.4) is 0 Å². The number of aryl methyl sites for hydroxylation is 1. The van der Waals surface area contributed by atoms with Crippen molar-refractivity contribution in [2.75, 3.05) is 56.1 Å². The maximum atomic E-state index is 10.9. The van der Waals surface area contributed by atoms with E-state index in [0.29, 0.717) is 5.56 Å². The van der Waals surface area contributed by atoms with Crippen molar-refractivity contribution in [1.82, 2.24) is 9.88 Å². The number of hydrogen-bond acceptors (Lipinski definition) is 6. The molecule has 138 valence electrons. The van der Waals surface area contributed by atoms with E-state index in [4.69, 9.17) is 0 Å². The normalized spacial score (nSPS) is 15.1. The average Bonchev–Trinajstić information content (AvgIpc) is 2.67. The topological polar surface area (TPSA) is 65.8 Å². The van der Waals surface area contributed by atoms with Crippen LogP contribution in [0.2, 0.25) is 0 Å². The summed E-state index contributed by atoms with van der Waals surface area (Å²) in [7, 11) is 1.98. The molecule has 3 rings (SSSR count). The summed E-state index contributed by atoms with van der Waals surface area (Å²) in [5.74, 6) is 0.774. The van der Waals surface area contributed by atoms with Gasteiger partial charge in [0.1, 0.15) is 12.0 Å². The molecular formula is C19H25N5O2. The lowest BCUT2D eigenvalue weighted by molar-refractivity contribution is -0.385. The third kappa shape index (κ3) is 4.29. The highest BCUT2D eigenvalue weighted by Crippen LogP contribution is 2.21. The van der Waals surface area contributed by atoms with Gasteiger partial charge in [-0.05, 0) is 25.1 Å². The molecule has 1 aromatic carbocycles. The number of nitrogens with zero attached hydrogens (tertiary/aromatic N) is 5. The molecule has 0 radical (unpaired) electrons. The van der Waals surface area contributed by atoms with Gasteiger partial charge >= 0.3 is 0 Å². The smallest absolute Gasteiger partial charge is 0.290 e. The number of rotatable bonds is 6. The summed E-state index contributed by atoms with van der Waals surface area (Å²) in [6, 6.07) is 12.3. The van der Waals surface area contributed by atoms with Gasteiger partial charge in [-0.1, -0.05) is 18.2 Å². The Morgan fingerprint density at radius 2 is 1.88 bits per heavy atom. The zero-order chi connectivity index (χ0) is 18.5. The number of pyridine rings is 1. The van der Waals surface area contributed by atoms with Crippen molar-refractivity contribution in [3.8, 4) is 0 Å². The van der Waals surface area contributed by atoms with Crippen LogP contribution in [0.5, 0.6) is 0 Å². The van der Waals surface area contributed by atoms with E-state index >= 15 is 0 Å². The molecule has 1 aliphatic heterocycles. The molecule has 1 aliphatic rings. The molecule has 0 bridgehead atoms. The van der Waals surface area contributed by atoms with Crippen molar-refractivity contribution in [2.24, 2.45) is 0 Å². The quantitative estimate of drug-likeness (QED) is 0.586. The number of para-hydroxylation sites is 1. The summed E-state index contributed by atoms with van der Waals surface area (Å²) in [6.07, 6.45) is 1.35. The fraction of sp³-hybridized carbons (Fsp3) is 0.421. The van der Waals surface area contributed by atoms with E-state index in [9.17, 15) is 10.1 Å². The maximum absolute atomic E-state index is 10.9. The standard InChI is InChI=1S/C19H25N5O2/c1-16-14-19(20-15-18(16)24(25)26)21(2)8-9-22-10-12-23(13-11-22)17-6-4-3-5-7-17/h3-7,14-15H,8-13H2,1-2H3. The van der Waals surface area contributed by atoms with E-state index in [1.165, 1.54) is 11.9 Å². The van der Waals surface area contributed by atoms with Gasteiger partial charge in [0, 0.05) is 57.6 Å². The van der Waals surface area contributed by atoms with Crippen molar-refractivity contribution in [3.05, 3.63) is 58.3 Å². The highest BCUT2D eigenvalue weighted by Gasteiger charge is 2.18. The first kappa shape index (κ1) is 18.1. The van der Waals surface area contributed by atoms with Gasteiger partial charge < -0.3 is 9.80 Å². The van der Waals surface area contributed by atoms with Crippen molar-refractivity contribution >= 4 is 17.2 Å². The first-order valence-corrected chi connectivity index (χ1v) is 8.89. The van der Waals surface area contributed by atoms with Crippen LogP contribution in [-0.4, -0.2) is 61.1 Å². The Morgan fingerprint density at radius 1 is 1.19 bits per heavy atom. The Labute approximate surface area is 154 Å². The van der Waals surface area contributed by atoms with Gasteiger partial charge in [0.2, 0.25) is 0 Å². The minimum atomic E-state index is -0.391. The summed E-state index contributed by atoms with van der Waals surface area (Å²) in [5.41, 5.74) is 2.00. The van der Waals surface area contributed by atoms with Crippen molar-refractivity contribution in [1.29, 1.82) is 0 Å². The van der Waals surface area contributed by atoms with Gasteiger partial charge in [-0.25, -0.2) is 4.98 Å². The second kappa shape index (κ2) is 8.14. The predicted octanol–water partition coefficient (Wildman–Crippen LogP) is 2.56. The van der Waals surface area contributed by atoms with Crippen molar-refractivity contribution < 1.29 is 4.92 Å². The summed E-state index contributed by atoms with van der Waals surface area (Å²) in [5, 5.41) is 10.9. The Morgan fingerprint density at radius 3 is 2.50 bits per heavy atom. The number of aromatic nitrogens is 1. The molecule has 2 heterocycles. The van der Waals surface area contributed by atoms with E-state index in [-0.39, 0.29) is 5.69 Å². The number of benzene rings is 1. The molecule has 26 heavy (non-hydrogen) atoms. The Hall–Kier alpha value is -2.67. The molecule has 1 fully saturated rings. The summed E-state index contributed by atoms with van der Waals surface area (Å²) in [4.78, 5) is 21.7. The molecule has 0 saturated carbocycles. The molecule has 7 heteroatoms. The van der Waals surface area contributed by atoms with Crippen LogP contribution < -0.4 is 9.80 Å². The van der Waals surface area contributed by atoms with Crippen LogP contribution >= 0.6 is 0 Å². The third-order valence-electron chi connectivity index (χ3n) is 4.90. The van der Waals surface area contributed by atoms with Crippen LogP contribution in [-0.2, 0) is 0 Å². The van der Waals surface area contributed by atoms with E-state index < -0.39 is 4.92 Å². The average molecular weight is 355 g/mol. The van der Waals surface area contributed by atoms with Crippen LogP contribution in [0.25, 0.3) is 0 Å². The maximum Gasteiger partial charge on any atom is 0.290 e. The van der Waals surface area contributed by atoms with Crippen molar-refractivity contribution in [3.63, 3.8) is 0 Å². The van der Waals surface area contributed by atoms with E-state index in [0.717, 1.165) is 45.1 Å². The van der Waals surface area contributed by atoms with Crippen molar-refractivity contribution in [2.45, 2.75) is 6.92 Å². The fourth-order valence-corrected chi connectivity index (χ4v) is 3.21. The summed E-state index contributed by atoms with van der Waals surface area (Å²) in [6.45, 7) is 7.68. The molecule has 7 nitrogen and oxygen atoms in total. The molecule has 1 aromatic heterocycles. The van der Waals surface area contributed by atoms with Gasteiger partial charge in [0.25, 0.3) is 5.69 Å². The number of piperazine rings is 1. The molecule has 0 unspecified atom stereocenters. The van der Waals surface area contributed by atoms with Gasteiger partial charge in [0.15, 0.2) is 0 Å². The number of nitro groups is 1. The molecule has 2 aromatic rings. The number of likely N-dealkylation sites (N-methyl/N-ethyl adjacent to an activating group) is 1. The highest BCUT2D eigenvalue weighted by molar-refractivity contribution is 5.48. The lowest BCUT2D eigenvalue weighted by Gasteiger charge is -2.36. The summed E-state index contributed by atoms with van der Waals surface area (Å²) < 4.78 is 0. The SMILES string of the molecule is Cc1cc(N(C)CCN2CCN(c3ccccc3)CC2)ncc1[N+](=O)[O-]. The minimum absolute atomic E-state index is 0.0687. The first-order chi connectivity index (χ1) is 12.5. The second-order valence-corrected chi connectivity index (χ2v) is 6.67. The number of anilines is 2. The molecule has 0 atom stereocenters. The molecule has 0 amide bonds. The van der Waals surface area contributed by atoms with Gasteiger partial charge in [0.05, 0.1) is 4.92 Å². The summed E-state index contributed by atoms with van der Waals surface area (Å²) >= 11 is 0. The Balaban J connectivity index is 1.49. The van der Waals surface area contributed by atoms with E-state index in [1.54, 1.807) is 13.0 Å². The fourth-order valence-electron chi connectivity index (χ4n) is 3.21. The molecule has 0 aliphatic carbocycles. The van der Waals surface area contributed by atoms with Gasteiger partial charge in [-0.15, -0.1) is 0 Å². The Kier molecular flexibility index (Phi) is 5.68. The molecule has 0 spiro atoms. The minimum Gasteiger partial charge on any atom is -0.369 e. The monoisotopic (exact) mass is 355 g/mol. The van der Waals surface area contributed by atoms with Crippen LogP contribution in [0.4, 0.5) is 17.2 Å². The zero-order valence-electron chi connectivity index (χ0n) is 15.3. The predicted molar refractivity (Wildman–Crippen MR) is 104 cm³/mol. The zero-order valence-corrected chi connectivity index (χ0v) is 15.3. The Bertz CT molecular complexity index is 745. The van der Waals surface area contributed by atoms with Crippen LogP contribution in [0.1, 0.15) is 5.56 Å². The number of hydrogen-bond donors (Lipinski definition) is 0. The van der Waals surface area contributed by atoms with Gasteiger partial charge in [-0.2, -0.15) is 0 Å². The molecule has 0 N–H and O–H groups in total.